The van der Waals surface area contributed by atoms with Gasteiger partial charge < -0.3 is 4.84 Å². The van der Waals surface area contributed by atoms with E-state index in [1.54, 1.807) is 0 Å². The van der Waals surface area contributed by atoms with Gasteiger partial charge in [-0.3, -0.25) is 0 Å². The van der Waals surface area contributed by atoms with Crippen molar-refractivity contribution in [2.45, 2.75) is 44.6 Å². The summed E-state index contributed by atoms with van der Waals surface area (Å²) < 4.78 is 0. The lowest BCUT2D eigenvalue weighted by atomic mass is 9.84. The van der Waals surface area contributed by atoms with Gasteiger partial charge in [0.1, 0.15) is 0 Å². The first-order valence-corrected chi connectivity index (χ1v) is 6.71. The van der Waals surface area contributed by atoms with Gasteiger partial charge in [0, 0.05) is 12.3 Å². The zero-order valence-corrected chi connectivity index (χ0v) is 10.1. The van der Waals surface area contributed by atoms with Crippen LogP contribution in [0.2, 0.25) is 0 Å². The number of rotatable bonds is 2. The monoisotopic (exact) mass is 229 g/mol. The summed E-state index contributed by atoms with van der Waals surface area (Å²) in [4.78, 5) is 5.59. The van der Waals surface area contributed by atoms with Crippen molar-refractivity contribution in [1.82, 2.24) is 0 Å². The van der Waals surface area contributed by atoms with Gasteiger partial charge in [-0.2, -0.15) is 0 Å². The van der Waals surface area contributed by atoms with E-state index in [-0.39, 0.29) is 6.10 Å². The van der Waals surface area contributed by atoms with Crippen LogP contribution in [0.1, 0.15) is 50.2 Å². The molecule has 0 bridgehead atoms. The molecule has 1 heterocycles. The van der Waals surface area contributed by atoms with Crippen molar-refractivity contribution in [2.24, 2.45) is 11.1 Å². The average Bonchev–Trinajstić information content (AvgIpc) is 2.90. The summed E-state index contributed by atoms with van der Waals surface area (Å²) in [6.07, 6.45) is 7.89. The molecule has 3 rings (SSSR count). The molecule has 1 atom stereocenters. The molecule has 1 aliphatic carbocycles. The molecule has 1 aromatic rings. The molecule has 0 radical (unpaired) electrons. The van der Waals surface area contributed by atoms with Crippen molar-refractivity contribution in [3.8, 4) is 0 Å². The molecule has 2 heteroatoms. The Morgan fingerprint density at radius 3 is 2.53 bits per heavy atom. The van der Waals surface area contributed by atoms with E-state index in [1.807, 2.05) is 6.07 Å². The van der Waals surface area contributed by atoms with E-state index in [2.05, 4.69) is 29.4 Å². The number of benzene rings is 1. The Kier molecular flexibility index (Phi) is 3.12. The number of nitrogens with zero attached hydrogens (tertiary/aromatic N) is 1. The van der Waals surface area contributed by atoms with Crippen LogP contribution in [0.25, 0.3) is 0 Å². The lowest BCUT2D eigenvalue weighted by Gasteiger charge is -2.20. The second-order valence-corrected chi connectivity index (χ2v) is 5.13. The summed E-state index contributed by atoms with van der Waals surface area (Å²) in [5.41, 5.74) is 2.56. The van der Waals surface area contributed by atoms with Crippen molar-refractivity contribution in [1.29, 1.82) is 0 Å². The van der Waals surface area contributed by atoms with Crippen LogP contribution in [-0.4, -0.2) is 5.71 Å². The lowest BCUT2D eigenvalue weighted by molar-refractivity contribution is 0.0856. The van der Waals surface area contributed by atoms with Crippen LogP contribution in [0.4, 0.5) is 0 Å². The van der Waals surface area contributed by atoms with Crippen molar-refractivity contribution in [2.75, 3.05) is 0 Å². The van der Waals surface area contributed by atoms with Crippen LogP contribution >= 0.6 is 0 Å². The Balaban J connectivity index is 1.64. The van der Waals surface area contributed by atoms with Gasteiger partial charge in [0.25, 0.3) is 0 Å². The smallest absolute Gasteiger partial charge is 0.157 e. The summed E-state index contributed by atoms with van der Waals surface area (Å²) in [5, 5.41) is 4.33. The van der Waals surface area contributed by atoms with Crippen LogP contribution in [-0.2, 0) is 4.84 Å². The predicted octanol–water partition coefficient (Wildman–Crippen LogP) is 4.08. The standard InChI is InChI=1S/C15H19NO/c1-3-7-12(8-4-1)14-11-15(17-16-14)13-9-5-2-6-10-13/h2,5-6,9-10,12,15H,1,3-4,7-8,11H2. The minimum Gasteiger partial charge on any atom is -0.387 e. The minimum absolute atomic E-state index is 0.160. The average molecular weight is 229 g/mol. The SMILES string of the molecule is c1ccc(C2CC(C3CCCCC3)=NO2)cc1. The van der Waals surface area contributed by atoms with Gasteiger partial charge in [0.05, 0.1) is 5.71 Å². The first-order valence-electron chi connectivity index (χ1n) is 6.71. The van der Waals surface area contributed by atoms with E-state index in [9.17, 15) is 0 Å². The molecule has 0 aromatic heterocycles. The highest BCUT2D eigenvalue weighted by atomic mass is 16.6. The molecule has 0 N–H and O–H groups in total. The summed E-state index contributed by atoms with van der Waals surface area (Å²) in [5.74, 6) is 0.692. The quantitative estimate of drug-likeness (QED) is 0.748. The van der Waals surface area contributed by atoms with Crippen LogP contribution in [0.5, 0.6) is 0 Å². The Morgan fingerprint density at radius 1 is 1.00 bits per heavy atom. The maximum atomic E-state index is 5.59. The van der Waals surface area contributed by atoms with Crippen LogP contribution in [0, 0.1) is 5.92 Å². The van der Waals surface area contributed by atoms with Crippen LogP contribution in [0.15, 0.2) is 35.5 Å². The van der Waals surface area contributed by atoms with E-state index >= 15 is 0 Å². The third-order valence-corrected chi connectivity index (χ3v) is 3.94. The molecule has 0 spiro atoms. The summed E-state index contributed by atoms with van der Waals surface area (Å²) >= 11 is 0. The highest BCUT2D eigenvalue weighted by molar-refractivity contribution is 5.87. The van der Waals surface area contributed by atoms with E-state index in [1.165, 1.54) is 43.4 Å². The van der Waals surface area contributed by atoms with Gasteiger partial charge in [-0.1, -0.05) is 54.8 Å². The molecule has 90 valence electrons. The normalized spacial score (nSPS) is 25.4. The molecule has 0 saturated heterocycles. The molecule has 1 unspecified atom stereocenters. The number of hydrogen-bond acceptors (Lipinski definition) is 2. The third-order valence-electron chi connectivity index (χ3n) is 3.94. The summed E-state index contributed by atoms with van der Waals surface area (Å²) in [6.45, 7) is 0. The summed E-state index contributed by atoms with van der Waals surface area (Å²) in [7, 11) is 0. The molecule has 1 saturated carbocycles. The van der Waals surface area contributed by atoms with Crippen LogP contribution in [0.3, 0.4) is 0 Å². The van der Waals surface area contributed by atoms with Gasteiger partial charge in [-0.05, 0) is 18.4 Å². The molecule has 17 heavy (non-hydrogen) atoms. The van der Waals surface area contributed by atoms with Gasteiger partial charge in [0.15, 0.2) is 6.10 Å². The first-order chi connectivity index (χ1) is 8.43. The Morgan fingerprint density at radius 2 is 1.76 bits per heavy atom. The van der Waals surface area contributed by atoms with Crippen molar-refractivity contribution in [3.05, 3.63) is 35.9 Å². The highest BCUT2D eigenvalue weighted by Crippen LogP contribution is 2.34. The van der Waals surface area contributed by atoms with E-state index in [0.29, 0.717) is 5.92 Å². The molecule has 1 fully saturated rings. The number of oxime groups is 1. The minimum atomic E-state index is 0.160. The maximum Gasteiger partial charge on any atom is 0.157 e. The van der Waals surface area contributed by atoms with E-state index in [4.69, 9.17) is 4.84 Å². The zero-order valence-electron chi connectivity index (χ0n) is 10.1. The van der Waals surface area contributed by atoms with Crippen molar-refractivity contribution in [3.63, 3.8) is 0 Å². The van der Waals surface area contributed by atoms with Gasteiger partial charge >= 0.3 is 0 Å². The van der Waals surface area contributed by atoms with E-state index < -0.39 is 0 Å². The van der Waals surface area contributed by atoms with Crippen molar-refractivity contribution >= 4 is 5.71 Å². The second kappa shape index (κ2) is 4.91. The first kappa shape index (κ1) is 10.8. The second-order valence-electron chi connectivity index (χ2n) is 5.13. The van der Waals surface area contributed by atoms with E-state index in [0.717, 1.165) is 6.42 Å². The molecule has 2 nitrogen and oxygen atoms in total. The topological polar surface area (TPSA) is 21.6 Å². The fourth-order valence-electron chi connectivity index (χ4n) is 2.92. The Labute approximate surface area is 103 Å². The highest BCUT2D eigenvalue weighted by Gasteiger charge is 2.28. The third kappa shape index (κ3) is 2.36. The molecular formula is C15H19NO. The van der Waals surface area contributed by atoms with Gasteiger partial charge in [-0.25, -0.2) is 0 Å². The fraction of sp³-hybridized carbons (Fsp3) is 0.533. The predicted molar refractivity (Wildman–Crippen MR) is 68.9 cm³/mol. The maximum absolute atomic E-state index is 5.59. The zero-order chi connectivity index (χ0) is 11.5. The molecular weight excluding hydrogens is 210 g/mol. The van der Waals surface area contributed by atoms with Gasteiger partial charge in [0.2, 0.25) is 0 Å². The van der Waals surface area contributed by atoms with Crippen molar-refractivity contribution < 1.29 is 4.84 Å². The Bertz CT molecular complexity index is 393. The number of hydrogen-bond donors (Lipinski definition) is 0. The van der Waals surface area contributed by atoms with Crippen LogP contribution < -0.4 is 0 Å². The fourth-order valence-corrected chi connectivity index (χ4v) is 2.92. The Hall–Kier alpha value is -1.31. The molecule has 2 aliphatic rings. The molecule has 1 aromatic carbocycles. The largest absolute Gasteiger partial charge is 0.387 e. The molecule has 0 amide bonds. The lowest BCUT2D eigenvalue weighted by Crippen LogP contribution is -2.16. The van der Waals surface area contributed by atoms with Gasteiger partial charge in [-0.15, -0.1) is 0 Å². The molecule has 1 aliphatic heterocycles. The summed E-state index contributed by atoms with van der Waals surface area (Å²) in [6, 6.07) is 10.4.